The third kappa shape index (κ3) is 6.02. The van der Waals surface area contributed by atoms with Crippen LogP contribution in [0, 0.1) is 13.8 Å². The van der Waals surface area contributed by atoms with Gasteiger partial charge in [0.2, 0.25) is 0 Å². The fourth-order valence-electron chi connectivity index (χ4n) is 3.77. The number of halogens is 2. The summed E-state index contributed by atoms with van der Waals surface area (Å²) in [7, 11) is 0. The highest BCUT2D eigenvalue weighted by Gasteiger charge is 2.21. The van der Waals surface area contributed by atoms with Crippen molar-refractivity contribution in [2.24, 2.45) is 0 Å². The second kappa shape index (κ2) is 11.5. The number of aryl methyl sites for hydroxylation is 2. The number of nitrogens with two attached hydrogens (primary N) is 1. The number of hydrogen-bond donors (Lipinski definition) is 3. The number of benzene rings is 1. The number of nitrogen functional groups attached to an aromatic ring is 1. The molecule has 0 unspecified atom stereocenters. The van der Waals surface area contributed by atoms with Crippen LogP contribution in [0.1, 0.15) is 52.7 Å². The van der Waals surface area contributed by atoms with Crippen molar-refractivity contribution >= 4 is 17.4 Å². The van der Waals surface area contributed by atoms with E-state index in [1.165, 1.54) is 63.2 Å². The summed E-state index contributed by atoms with van der Waals surface area (Å²) in [4.78, 5) is 33.4. The first kappa shape index (κ1) is 25.0. The van der Waals surface area contributed by atoms with Crippen LogP contribution in [0.2, 0.25) is 0 Å². The number of aromatic nitrogens is 3. The summed E-state index contributed by atoms with van der Waals surface area (Å²) in [5, 5.41) is 5.82. The third-order valence-corrected chi connectivity index (χ3v) is 5.36. The van der Waals surface area contributed by atoms with E-state index in [0.717, 1.165) is 4.57 Å². The van der Waals surface area contributed by atoms with Crippen molar-refractivity contribution in [3.63, 3.8) is 0 Å². The Hall–Kier alpha value is -3.66. The van der Waals surface area contributed by atoms with Gasteiger partial charge in [-0.2, -0.15) is 0 Å². The molecule has 4 rings (SSSR count). The number of anilines is 2. The van der Waals surface area contributed by atoms with E-state index in [4.69, 9.17) is 5.73 Å². The predicted octanol–water partition coefficient (Wildman–Crippen LogP) is 3.78. The summed E-state index contributed by atoms with van der Waals surface area (Å²) in [6, 6.07) is 5.82. The average molecular weight is 471 g/mol. The minimum absolute atomic E-state index is 0.148. The van der Waals surface area contributed by atoms with Gasteiger partial charge in [-0.15, -0.1) is 0 Å². The highest BCUT2D eigenvalue weighted by atomic mass is 19.3. The van der Waals surface area contributed by atoms with Crippen molar-refractivity contribution in [3.05, 3.63) is 75.6 Å². The minimum Gasteiger partial charge on any atom is -0.383 e. The van der Waals surface area contributed by atoms with Gasteiger partial charge in [-0.3, -0.25) is 19.1 Å². The van der Waals surface area contributed by atoms with Crippen LogP contribution in [0.4, 0.5) is 20.3 Å². The SMILES string of the molecule is C1CCNCC1.Cc1cc(C(F)F)cc(C)c1-n1cnc(N)c(C(=O)Nc2cccnc2)c1=O. The molecule has 10 heteroatoms. The lowest BCUT2D eigenvalue weighted by Gasteiger charge is -2.16. The number of pyridine rings is 1. The number of hydrogen-bond acceptors (Lipinski definition) is 6. The molecule has 0 aliphatic carbocycles. The van der Waals surface area contributed by atoms with Gasteiger partial charge in [0, 0.05) is 11.8 Å². The molecule has 1 saturated heterocycles. The molecule has 0 radical (unpaired) electrons. The molecule has 0 saturated carbocycles. The van der Waals surface area contributed by atoms with Gasteiger partial charge >= 0.3 is 0 Å². The molecule has 8 nitrogen and oxygen atoms in total. The standard InChI is InChI=1S/C19H17F2N5O2.C5H11N/c1-10-6-12(16(20)21)7-11(2)15(10)26-9-24-17(22)14(19(26)28)18(27)25-13-4-3-5-23-8-13;1-2-4-6-5-3-1/h3-9,16H,22H2,1-2H3,(H,25,27);6H,1-5H2. The largest absolute Gasteiger partial charge is 0.383 e. The van der Waals surface area contributed by atoms with Gasteiger partial charge in [0.05, 0.1) is 17.6 Å². The summed E-state index contributed by atoms with van der Waals surface area (Å²) >= 11 is 0. The van der Waals surface area contributed by atoms with Crippen molar-refractivity contribution in [2.75, 3.05) is 24.1 Å². The maximum absolute atomic E-state index is 13.0. The second-order valence-electron chi connectivity index (χ2n) is 7.99. The normalized spacial score (nSPS) is 13.2. The smallest absolute Gasteiger partial charge is 0.272 e. The summed E-state index contributed by atoms with van der Waals surface area (Å²) in [6.45, 7) is 5.71. The van der Waals surface area contributed by atoms with E-state index in [1.54, 1.807) is 26.0 Å². The maximum Gasteiger partial charge on any atom is 0.272 e. The summed E-state index contributed by atoms with van der Waals surface area (Å²) in [5.41, 5.74) is 6.22. The minimum atomic E-state index is -2.63. The molecule has 1 aliphatic rings. The summed E-state index contributed by atoms with van der Waals surface area (Å²) in [6.07, 6.45) is 5.72. The van der Waals surface area contributed by atoms with E-state index in [0.29, 0.717) is 22.5 Å². The zero-order valence-corrected chi connectivity index (χ0v) is 19.1. The van der Waals surface area contributed by atoms with E-state index in [1.807, 2.05) is 0 Å². The van der Waals surface area contributed by atoms with Gasteiger partial charge in [-0.05, 0) is 75.2 Å². The van der Waals surface area contributed by atoms with Gasteiger partial charge in [0.15, 0.2) is 0 Å². The molecule has 0 spiro atoms. The lowest BCUT2D eigenvalue weighted by atomic mass is 10.0. The molecule has 0 bridgehead atoms. The van der Waals surface area contributed by atoms with Crippen molar-refractivity contribution in [2.45, 2.75) is 39.5 Å². The van der Waals surface area contributed by atoms with Gasteiger partial charge in [0.1, 0.15) is 17.7 Å². The van der Waals surface area contributed by atoms with Crippen LogP contribution in [-0.4, -0.2) is 33.5 Å². The Labute approximate surface area is 196 Å². The van der Waals surface area contributed by atoms with E-state index in [-0.39, 0.29) is 16.9 Å². The molecule has 180 valence electrons. The molecular weight excluding hydrogens is 442 g/mol. The van der Waals surface area contributed by atoms with Crippen LogP contribution in [0.25, 0.3) is 5.69 Å². The number of carbonyl (C=O) groups excluding carboxylic acids is 1. The maximum atomic E-state index is 13.0. The van der Waals surface area contributed by atoms with Crippen LogP contribution in [0.3, 0.4) is 0 Å². The zero-order chi connectivity index (χ0) is 24.7. The van der Waals surface area contributed by atoms with Crippen molar-refractivity contribution in [1.82, 2.24) is 19.9 Å². The highest BCUT2D eigenvalue weighted by Crippen LogP contribution is 2.26. The molecule has 34 heavy (non-hydrogen) atoms. The lowest BCUT2D eigenvalue weighted by molar-refractivity contribution is 0.102. The fourth-order valence-corrected chi connectivity index (χ4v) is 3.77. The molecule has 2 aromatic heterocycles. The van der Waals surface area contributed by atoms with Crippen molar-refractivity contribution in [3.8, 4) is 5.69 Å². The molecule has 1 amide bonds. The number of carbonyl (C=O) groups is 1. The predicted molar refractivity (Wildman–Crippen MR) is 128 cm³/mol. The first-order valence-electron chi connectivity index (χ1n) is 11.0. The van der Waals surface area contributed by atoms with Gasteiger partial charge in [-0.25, -0.2) is 13.8 Å². The van der Waals surface area contributed by atoms with Gasteiger partial charge in [0.25, 0.3) is 17.9 Å². The molecule has 3 aromatic rings. The Kier molecular flexibility index (Phi) is 8.42. The average Bonchev–Trinajstić information content (AvgIpc) is 2.82. The quantitative estimate of drug-likeness (QED) is 0.535. The lowest BCUT2D eigenvalue weighted by Crippen LogP contribution is -2.31. The van der Waals surface area contributed by atoms with Crippen LogP contribution in [0.15, 0.2) is 47.8 Å². The van der Waals surface area contributed by atoms with E-state index < -0.39 is 17.9 Å². The van der Waals surface area contributed by atoms with Gasteiger partial charge < -0.3 is 16.4 Å². The molecule has 1 fully saturated rings. The number of alkyl halides is 2. The molecule has 3 heterocycles. The first-order chi connectivity index (χ1) is 16.3. The molecule has 1 aliphatic heterocycles. The second-order valence-corrected chi connectivity index (χ2v) is 7.99. The number of rotatable bonds is 4. The van der Waals surface area contributed by atoms with E-state index >= 15 is 0 Å². The number of nitrogens with zero attached hydrogens (tertiary/aromatic N) is 3. The number of nitrogens with one attached hydrogen (secondary N) is 2. The van der Waals surface area contributed by atoms with Crippen molar-refractivity contribution < 1.29 is 13.6 Å². The first-order valence-corrected chi connectivity index (χ1v) is 11.0. The van der Waals surface area contributed by atoms with Crippen LogP contribution < -0.4 is 21.9 Å². The monoisotopic (exact) mass is 470 g/mol. The Morgan fingerprint density at radius 1 is 1.18 bits per heavy atom. The van der Waals surface area contributed by atoms with Crippen LogP contribution in [-0.2, 0) is 0 Å². The van der Waals surface area contributed by atoms with Crippen LogP contribution >= 0.6 is 0 Å². The zero-order valence-electron chi connectivity index (χ0n) is 19.1. The topological polar surface area (TPSA) is 115 Å². The van der Waals surface area contributed by atoms with Crippen LogP contribution in [0.5, 0.6) is 0 Å². The number of piperidine rings is 1. The van der Waals surface area contributed by atoms with E-state index in [9.17, 15) is 18.4 Å². The molecule has 4 N–H and O–H groups in total. The van der Waals surface area contributed by atoms with Gasteiger partial charge in [-0.1, -0.05) is 6.42 Å². The molecule has 0 atom stereocenters. The molecular formula is C24H28F2N6O2. The fraction of sp³-hybridized carbons (Fsp3) is 0.333. The Morgan fingerprint density at radius 3 is 2.35 bits per heavy atom. The number of amides is 1. The molecule has 1 aromatic carbocycles. The summed E-state index contributed by atoms with van der Waals surface area (Å²) < 4.78 is 27.2. The van der Waals surface area contributed by atoms with Crippen molar-refractivity contribution in [1.29, 1.82) is 0 Å². The Morgan fingerprint density at radius 2 is 1.85 bits per heavy atom. The third-order valence-electron chi connectivity index (χ3n) is 5.36. The highest BCUT2D eigenvalue weighted by molar-refractivity contribution is 6.06. The Balaban J connectivity index is 0.000000469. The summed E-state index contributed by atoms with van der Waals surface area (Å²) in [5.74, 6) is -0.973. The Bertz CT molecular complexity index is 1160. The van der Waals surface area contributed by atoms with E-state index in [2.05, 4.69) is 20.6 Å².